The number of hydrogen-bond acceptors (Lipinski definition) is 7. The first-order valence-corrected chi connectivity index (χ1v) is 6.18. The molecule has 8 nitrogen and oxygen atoms in total. The lowest BCUT2D eigenvalue weighted by atomic mass is 10.3. The van der Waals surface area contributed by atoms with E-state index in [1.807, 2.05) is 21.0 Å². The summed E-state index contributed by atoms with van der Waals surface area (Å²) in [4.78, 5) is 20.5. The molecule has 0 bridgehead atoms. The second kappa shape index (κ2) is 7.47. The number of rotatable bonds is 8. The molecule has 1 aromatic heterocycles. The normalized spacial score (nSPS) is 10.5. The van der Waals surface area contributed by atoms with Gasteiger partial charge in [0.2, 0.25) is 11.6 Å². The van der Waals surface area contributed by atoms with Crippen molar-refractivity contribution in [2.75, 3.05) is 44.4 Å². The molecule has 0 saturated heterocycles. The SMILES string of the molecule is CCNc1ncnc(NCCCN(C)C)c1[N+](=O)[O-]. The van der Waals surface area contributed by atoms with Crippen molar-refractivity contribution in [3.63, 3.8) is 0 Å². The largest absolute Gasteiger partial charge is 0.364 e. The van der Waals surface area contributed by atoms with Crippen molar-refractivity contribution in [3.8, 4) is 0 Å². The molecule has 0 atom stereocenters. The third-order valence-electron chi connectivity index (χ3n) is 2.42. The van der Waals surface area contributed by atoms with Crippen molar-refractivity contribution in [1.29, 1.82) is 0 Å². The van der Waals surface area contributed by atoms with E-state index in [1.165, 1.54) is 6.33 Å². The van der Waals surface area contributed by atoms with Crippen LogP contribution in [0.3, 0.4) is 0 Å². The Morgan fingerprint density at radius 2 is 1.95 bits per heavy atom. The van der Waals surface area contributed by atoms with E-state index in [4.69, 9.17) is 0 Å². The highest BCUT2D eigenvalue weighted by molar-refractivity contribution is 5.69. The minimum atomic E-state index is -0.466. The molecule has 0 saturated carbocycles. The summed E-state index contributed by atoms with van der Waals surface area (Å²) in [6.45, 7) is 3.96. The molecule has 0 radical (unpaired) electrons. The predicted octanol–water partition coefficient (Wildman–Crippen LogP) is 1.18. The highest BCUT2D eigenvalue weighted by Crippen LogP contribution is 2.28. The number of hydrogen-bond donors (Lipinski definition) is 2. The van der Waals surface area contributed by atoms with Gasteiger partial charge in [0.25, 0.3) is 0 Å². The van der Waals surface area contributed by atoms with Gasteiger partial charge in [0.1, 0.15) is 6.33 Å². The molecule has 2 N–H and O–H groups in total. The first-order valence-electron chi connectivity index (χ1n) is 6.18. The van der Waals surface area contributed by atoms with Crippen LogP contribution in [-0.2, 0) is 0 Å². The maximum Gasteiger partial charge on any atom is 0.353 e. The average molecular weight is 268 g/mol. The zero-order chi connectivity index (χ0) is 14.3. The monoisotopic (exact) mass is 268 g/mol. The molecule has 1 aromatic rings. The molecule has 8 heteroatoms. The lowest BCUT2D eigenvalue weighted by Gasteiger charge is -2.11. The van der Waals surface area contributed by atoms with Crippen LogP contribution >= 0.6 is 0 Å². The zero-order valence-corrected chi connectivity index (χ0v) is 11.5. The lowest BCUT2D eigenvalue weighted by Crippen LogP contribution is -2.17. The molecule has 0 aliphatic carbocycles. The van der Waals surface area contributed by atoms with E-state index in [2.05, 4.69) is 25.5 Å². The maximum atomic E-state index is 11.1. The highest BCUT2D eigenvalue weighted by atomic mass is 16.6. The Hall–Kier alpha value is -1.96. The van der Waals surface area contributed by atoms with Crippen molar-refractivity contribution in [1.82, 2.24) is 14.9 Å². The first kappa shape index (κ1) is 15.1. The van der Waals surface area contributed by atoms with Gasteiger partial charge in [-0.3, -0.25) is 10.1 Å². The summed E-state index contributed by atoms with van der Waals surface area (Å²) in [5.41, 5.74) is -0.103. The second-order valence-electron chi connectivity index (χ2n) is 4.29. The van der Waals surface area contributed by atoms with Gasteiger partial charge in [-0.15, -0.1) is 0 Å². The van der Waals surface area contributed by atoms with Crippen LogP contribution in [0.1, 0.15) is 13.3 Å². The summed E-state index contributed by atoms with van der Waals surface area (Å²) in [6.07, 6.45) is 2.20. The van der Waals surface area contributed by atoms with Crippen LogP contribution in [0.15, 0.2) is 6.33 Å². The molecule has 0 spiro atoms. The van der Waals surface area contributed by atoms with Gasteiger partial charge < -0.3 is 15.5 Å². The van der Waals surface area contributed by atoms with E-state index in [1.54, 1.807) is 0 Å². The van der Waals surface area contributed by atoms with Gasteiger partial charge in [0.05, 0.1) is 4.92 Å². The van der Waals surface area contributed by atoms with Crippen molar-refractivity contribution >= 4 is 17.3 Å². The van der Waals surface area contributed by atoms with Crippen LogP contribution in [0.5, 0.6) is 0 Å². The van der Waals surface area contributed by atoms with Gasteiger partial charge in [-0.2, -0.15) is 0 Å². The summed E-state index contributed by atoms with van der Waals surface area (Å²) < 4.78 is 0. The Morgan fingerprint density at radius 1 is 1.32 bits per heavy atom. The molecule has 0 unspecified atom stereocenters. The van der Waals surface area contributed by atoms with Gasteiger partial charge in [-0.1, -0.05) is 0 Å². The Balaban J connectivity index is 2.76. The van der Waals surface area contributed by atoms with E-state index in [0.717, 1.165) is 13.0 Å². The maximum absolute atomic E-state index is 11.1. The number of nitro groups is 1. The minimum absolute atomic E-state index is 0.103. The summed E-state index contributed by atoms with van der Waals surface area (Å²) in [5, 5.41) is 17.0. The predicted molar refractivity (Wildman–Crippen MR) is 74.5 cm³/mol. The molecule has 0 fully saturated rings. The smallest absolute Gasteiger partial charge is 0.353 e. The van der Waals surface area contributed by atoms with Crippen LogP contribution < -0.4 is 10.6 Å². The van der Waals surface area contributed by atoms with Crippen LogP contribution in [0, 0.1) is 10.1 Å². The molecule has 1 rings (SSSR count). The van der Waals surface area contributed by atoms with E-state index in [9.17, 15) is 10.1 Å². The van der Waals surface area contributed by atoms with Crippen LogP contribution in [0.4, 0.5) is 17.3 Å². The molecule has 0 aromatic carbocycles. The average Bonchev–Trinajstić information content (AvgIpc) is 2.34. The molecule has 1 heterocycles. The summed E-state index contributed by atoms with van der Waals surface area (Å²) >= 11 is 0. The quantitative estimate of drug-likeness (QED) is 0.415. The Bertz CT molecular complexity index is 424. The van der Waals surface area contributed by atoms with Gasteiger partial charge in [0.15, 0.2) is 0 Å². The zero-order valence-electron chi connectivity index (χ0n) is 11.5. The number of nitrogens with one attached hydrogen (secondary N) is 2. The Labute approximate surface area is 112 Å². The standard InChI is InChI=1S/C11H20N6O2/c1-4-12-10-9(17(18)19)11(15-8-14-10)13-6-5-7-16(2)3/h8H,4-7H2,1-3H3,(H2,12,13,14,15). The van der Waals surface area contributed by atoms with Crippen LogP contribution in [0.2, 0.25) is 0 Å². The third kappa shape index (κ3) is 4.66. The van der Waals surface area contributed by atoms with Gasteiger partial charge >= 0.3 is 5.69 Å². The van der Waals surface area contributed by atoms with Crippen LogP contribution in [0.25, 0.3) is 0 Å². The molecule has 0 aliphatic rings. The van der Waals surface area contributed by atoms with Crippen molar-refractivity contribution < 1.29 is 4.92 Å². The fourth-order valence-electron chi connectivity index (χ4n) is 1.58. The molecule has 106 valence electrons. The molecular weight excluding hydrogens is 248 g/mol. The lowest BCUT2D eigenvalue weighted by molar-refractivity contribution is -0.383. The minimum Gasteiger partial charge on any atom is -0.364 e. The van der Waals surface area contributed by atoms with Gasteiger partial charge in [0, 0.05) is 13.1 Å². The molecular formula is C11H20N6O2. The van der Waals surface area contributed by atoms with E-state index in [0.29, 0.717) is 13.1 Å². The summed E-state index contributed by atoms with van der Waals surface area (Å²) in [7, 11) is 3.97. The van der Waals surface area contributed by atoms with Gasteiger partial charge in [-0.05, 0) is 34.0 Å². The fourth-order valence-corrected chi connectivity index (χ4v) is 1.58. The topological polar surface area (TPSA) is 96.2 Å². The summed E-state index contributed by atoms with van der Waals surface area (Å²) in [5.74, 6) is 0.507. The van der Waals surface area contributed by atoms with E-state index < -0.39 is 4.92 Å². The number of anilines is 2. The fraction of sp³-hybridized carbons (Fsp3) is 0.636. The van der Waals surface area contributed by atoms with Crippen molar-refractivity contribution in [2.45, 2.75) is 13.3 Å². The first-order chi connectivity index (χ1) is 9.06. The molecule has 0 aliphatic heterocycles. The Morgan fingerprint density at radius 3 is 2.47 bits per heavy atom. The Kier molecular flexibility index (Phi) is 5.94. The van der Waals surface area contributed by atoms with Crippen LogP contribution in [-0.4, -0.2) is 53.5 Å². The third-order valence-corrected chi connectivity index (χ3v) is 2.42. The van der Waals surface area contributed by atoms with Crippen molar-refractivity contribution in [2.24, 2.45) is 0 Å². The summed E-state index contributed by atoms with van der Waals surface area (Å²) in [6, 6.07) is 0. The van der Waals surface area contributed by atoms with Crippen molar-refractivity contribution in [3.05, 3.63) is 16.4 Å². The van der Waals surface area contributed by atoms with E-state index in [-0.39, 0.29) is 17.3 Å². The number of nitrogens with zero attached hydrogens (tertiary/aromatic N) is 4. The highest BCUT2D eigenvalue weighted by Gasteiger charge is 2.21. The van der Waals surface area contributed by atoms with Gasteiger partial charge in [-0.25, -0.2) is 9.97 Å². The number of aromatic nitrogens is 2. The second-order valence-corrected chi connectivity index (χ2v) is 4.29. The molecule has 0 amide bonds. The molecule has 19 heavy (non-hydrogen) atoms. The van der Waals surface area contributed by atoms with E-state index >= 15 is 0 Å².